The van der Waals surface area contributed by atoms with Crippen LogP contribution in [-0.2, 0) is 11.3 Å². The molecule has 1 unspecified atom stereocenters. The van der Waals surface area contributed by atoms with E-state index in [9.17, 15) is 0 Å². The Labute approximate surface area is 191 Å². The second-order valence-electron chi connectivity index (χ2n) is 7.99. The molecule has 6 nitrogen and oxygen atoms in total. The van der Waals surface area contributed by atoms with Crippen LogP contribution in [0.15, 0.2) is 72.0 Å². The van der Waals surface area contributed by atoms with Gasteiger partial charge < -0.3 is 4.74 Å². The summed E-state index contributed by atoms with van der Waals surface area (Å²) in [5.74, 6) is 1.87. The Kier molecular flexibility index (Phi) is 5.55. The van der Waals surface area contributed by atoms with Crippen LogP contribution < -0.4 is 10.2 Å². The molecule has 1 atom stereocenters. The molecule has 7 heteroatoms. The molecule has 0 radical (unpaired) electrons. The number of aliphatic imine (C=N–C) groups is 1. The van der Waals surface area contributed by atoms with E-state index < -0.39 is 0 Å². The molecular weight excluding hydrogens is 424 g/mol. The van der Waals surface area contributed by atoms with Gasteiger partial charge in [0, 0.05) is 11.2 Å². The number of benzene rings is 2. The van der Waals surface area contributed by atoms with Crippen molar-refractivity contribution >= 4 is 23.0 Å². The van der Waals surface area contributed by atoms with Crippen LogP contribution >= 0.6 is 11.6 Å². The number of pyridine rings is 1. The maximum Gasteiger partial charge on any atom is 0.156 e. The maximum atomic E-state index is 6.19. The number of nitrogens with one attached hydrogen (secondary N) is 1. The minimum atomic E-state index is -0.00665. The van der Waals surface area contributed by atoms with Crippen LogP contribution in [0.1, 0.15) is 22.3 Å². The van der Waals surface area contributed by atoms with E-state index in [1.54, 1.807) is 16.8 Å². The molecule has 0 saturated carbocycles. The maximum absolute atomic E-state index is 6.19. The van der Waals surface area contributed by atoms with E-state index in [0.717, 1.165) is 17.5 Å². The van der Waals surface area contributed by atoms with Gasteiger partial charge in [0.15, 0.2) is 11.6 Å². The average molecular weight is 447 g/mol. The SMILES string of the molecule is Cc1ccc(CC2CONC(c3cc4ccnn4cc3Oc3cccc(Cl)c3)=N2)c(C)c1. The monoisotopic (exact) mass is 446 g/mol. The topological polar surface area (TPSA) is 60.2 Å². The predicted molar refractivity (Wildman–Crippen MR) is 126 cm³/mol. The van der Waals surface area contributed by atoms with Gasteiger partial charge in [0.2, 0.25) is 0 Å². The van der Waals surface area contributed by atoms with Gasteiger partial charge >= 0.3 is 0 Å². The van der Waals surface area contributed by atoms with Gasteiger partial charge in [-0.1, -0.05) is 41.4 Å². The zero-order chi connectivity index (χ0) is 22.1. The molecule has 0 aliphatic carbocycles. The smallest absolute Gasteiger partial charge is 0.156 e. The molecule has 1 aliphatic heterocycles. The Morgan fingerprint density at radius 1 is 1.16 bits per heavy atom. The van der Waals surface area contributed by atoms with Crippen molar-refractivity contribution in [3.8, 4) is 11.5 Å². The molecule has 1 N–H and O–H groups in total. The summed E-state index contributed by atoms with van der Waals surface area (Å²) < 4.78 is 7.95. The molecule has 5 rings (SSSR count). The van der Waals surface area contributed by atoms with E-state index in [-0.39, 0.29) is 6.04 Å². The van der Waals surface area contributed by atoms with Gasteiger partial charge in [0.25, 0.3) is 0 Å². The van der Waals surface area contributed by atoms with E-state index in [0.29, 0.717) is 29.0 Å². The van der Waals surface area contributed by atoms with Crippen molar-refractivity contribution in [1.29, 1.82) is 0 Å². The van der Waals surface area contributed by atoms with Crippen molar-refractivity contribution in [3.63, 3.8) is 0 Å². The highest BCUT2D eigenvalue weighted by Gasteiger charge is 2.22. The third-order valence-electron chi connectivity index (χ3n) is 5.49. The number of aryl methyl sites for hydroxylation is 2. The van der Waals surface area contributed by atoms with E-state index >= 15 is 0 Å². The first-order valence-corrected chi connectivity index (χ1v) is 10.9. The normalized spacial score (nSPS) is 16.0. The molecular formula is C25H23ClN4O2. The molecule has 0 fully saturated rings. The number of nitrogens with zero attached hydrogens (tertiary/aromatic N) is 3. The lowest BCUT2D eigenvalue weighted by Crippen LogP contribution is -2.37. The highest BCUT2D eigenvalue weighted by atomic mass is 35.5. The first kappa shape index (κ1) is 20.5. The summed E-state index contributed by atoms with van der Waals surface area (Å²) in [5.41, 5.74) is 8.51. The zero-order valence-corrected chi connectivity index (χ0v) is 18.6. The fraction of sp³-hybridized carbons (Fsp3) is 0.200. The Balaban J connectivity index is 1.50. The van der Waals surface area contributed by atoms with Crippen LogP contribution in [0.25, 0.3) is 5.52 Å². The van der Waals surface area contributed by atoms with Crippen LogP contribution in [0.3, 0.4) is 0 Å². The number of hydroxylamine groups is 1. The number of hydrogen-bond donors (Lipinski definition) is 1. The van der Waals surface area contributed by atoms with Crippen molar-refractivity contribution in [2.24, 2.45) is 4.99 Å². The van der Waals surface area contributed by atoms with Crippen molar-refractivity contribution < 1.29 is 9.57 Å². The molecule has 3 heterocycles. The van der Waals surface area contributed by atoms with Crippen molar-refractivity contribution in [1.82, 2.24) is 15.1 Å². The van der Waals surface area contributed by atoms with Gasteiger partial charge in [-0.3, -0.25) is 9.83 Å². The third-order valence-corrected chi connectivity index (χ3v) is 5.72. The quantitative estimate of drug-likeness (QED) is 0.452. The first-order chi connectivity index (χ1) is 15.5. The molecule has 0 amide bonds. The zero-order valence-electron chi connectivity index (χ0n) is 17.9. The molecule has 1 aliphatic rings. The van der Waals surface area contributed by atoms with E-state index in [1.165, 1.54) is 16.7 Å². The molecule has 0 saturated heterocycles. The standard InChI is InChI=1S/C25H23ClN4O2/c1-16-6-7-18(17(2)10-16)11-20-15-31-29-25(28-20)23-13-21-8-9-27-30(21)14-24(23)32-22-5-3-4-19(26)12-22/h3-10,12-14,20H,11,15H2,1-2H3,(H,28,29). The second-order valence-corrected chi connectivity index (χ2v) is 8.43. The van der Waals surface area contributed by atoms with Gasteiger partial charge in [-0.25, -0.2) is 10.00 Å². The number of aromatic nitrogens is 2. The summed E-state index contributed by atoms with van der Waals surface area (Å²) in [6.45, 7) is 4.74. The fourth-order valence-electron chi connectivity index (χ4n) is 3.88. The number of fused-ring (bicyclic) bond motifs is 1. The third kappa shape index (κ3) is 4.33. The van der Waals surface area contributed by atoms with Crippen molar-refractivity contribution in [3.05, 3.63) is 94.3 Å². The Hall–Kier alpha value is -3.35. The average Bonchev–Trinajstić information content (AvgIpc) is 3.23. The van der Waals surface area contributed by atoms with Crippen molar-refractivity contribution in [2.75, 3.05) is 6.61 Å². The molecule has 2 aromatic heterocycles. The molecule has 2 aromatic carbocycles. The summed E-state index contributed by atoms with van der Waals surface area (Å²) in [4.78, 5) is 10.7. The fourth-order valence-corrected chi connectivity index (χ4v) is 4.06. The number of halogens is 1. The summed E-state index contributed by atoms with van der Waals surface area (Å²) in [6.07, 6.45) is 4.39. The predicted octanol–water partition coefficient (Wildman–Crippen LogP) is 5.29. The Bertz CT molecular complexity index is 1310. The highest BCUT2D eigenvalue weighted by molar-refractivity contribution is 6.30. The van der Waals surface area contributed by atoms with Gasteiger partial charge in [-0.2, -0.15) is 5.10 Å². The number of amidine groups is 1. The largest absolute Gasteiger partial charge is 0.455 e. The summed E-state index contributed by atoms with van der Waals surface area (Å²) in [5, 5.41) is 4.94. The summed E-state index contributed by atoms with van der Waals surface area (Å²) in [6, 6.07) is 17.7. The minimum absolute atomic E-state index is 0.00665. The lowest BCUT2D eigenvalue weighted by Gasteiger charge is -2.24. The van der Waals surface area contributed by atoms with Crippen molar-refractivity contribution in [2.45, 2.75) is 26.3 Å². The molecule has 32 heavy (non-hydrogen) atoms. The van der Waals surface area contributed by atoms with E-state index in [2.05, 4.69) is 42.6 Å². The van der Waals surface area contributed by atoms with E-state index in [1.807, 2.05) is 36.5 Å². The number of hydrogen-bond acceptors (Lipinski definition) is 5. The van der Waals surface area contributed by atoms with Crippen LogP contribution in [0.2, 0.25) is 5.02 Å². The van der Waals surface area contributed by atoms with Gasteiger partial charge in [0.05, 0.1) is 29.9 Å². The number of ether oxygens (including phenoxy) is 1. The molecule has 162 valence electrons. The number of rotatable bonds is 5. The van der Waals surface area contributed by atoms with Gasteiger partial charge in [-0.05, 0) is 61.7 Å². The van der Waals surface area contributed by atoms with Crippen LogP contribution in [0, 0.1) is 13.8 Å². The summed E-state index contributed by atoms with van der Waals surface area (Å²) >= 11 is 6.14. The van der Waals surface area contributed by atoms with Crippen LogP contribution in [0.5, 0.6) is 11.5 Å². The lowest BCUT2D eigenvalue weighted by atomic mass is 9.99. The summed E-state index contributed by atoms with van der Waals surface area (Å²) in [7, 11) is 0. The minimum Gasteiger partial charge on any atom is -0.455 e. The molecule has 0 bridgehead atoms. The Morgan fingerprint density at radius 3 is 2.91 bits per heavy atom. The first-order valence-electron chi connectivity index (χ1n) is 10.5. The second kappa shape index (κ2) is 8.65. The van der Waals surface area contributed by atoms with E-state index in [4.69, 9.17) is 26.2 Å². The molecule has 0 spiro atoms. The van der Waals surface area contributed by atoms with Crippen LogP contribution in [0.4, 0.5) is 0 Å². The Morgan fingerprint density at radius 2 is 2.06 bits per heavy atom. The van der Waals surface area contributed by atoms with Crippen LogP contribution in [-0.4, -0.2) is 28.1 Å². The van der Waals surface area contributed by atoms with Gasteiger partial charge in [0.1, 0.15) is 5.75 Å². The van der Waals surface area contributed by atoms with Gasteiger partial charge in [-0.15, -0.1) is 0 Å². The molecule has 4 aromatic rings. The lowest BCUT2D eigenvalue weighted by molar-refractivity contribution is 0.0623. The highest BCUT2D eigenvalue weighted by Crippen LogP contribution is 2.29.